The van der Waals surface area contributed by atoms with Crippen molar-refractivity contribution in [3.05, 3.63) is 17.7 Å². The van der Waals surface area contributed by atoms with Gasteiger partial charge in [0.25, 0.3) is 5.89 Å². The molecule has 0 aromatic carbocycles. The molecular formula is C13H15N5OS. The number of aromatic nitrogens is 4. The van der Waals surface area contributed by atoms with Crippen molar-refractivity contribution in [1.29, 1.82) is 5.26 Å². The number of rotatable bonds is 4. The average Bonchev–Trinajstić information content (AvgIpc) is 3.14. The zero-order valence-electron chi connectivity index (χ0n) is 11.0. The highest BCUT2D eigenvalue weighted by Gasteiger charge is 2.17. The van der Waals surface area contributed by atoms with Crippen molar-refractivity contribution in [3.8, 4) is 17.5 Å². The van der Waals surface area contributed by atoms with E-state index in [2.05, 4.69) is 20.3 Å². The molecule has 1 fully saturated rings. The van der Waals surface area contributed by atoms with Crippen LogP contribution in [0.2, 0.25) is 0 Å². The fourth-order valence-corrected chi connectivity index (χ4v) is 3.55. The van der Waals surface area contributed by atoms with E-state index in [9.17, 15) is 0 Å². The molecule has 7 heteroatoms. The molecule has 0 unspecified atom stereocenters. The molecule has 0 saturated heterocycles. The standard InChI is InChI=1S/C13H15N5OS/c14-6-11-10(7-15-17-11)13-16-12(18-19-13)8-20-9-4-2-1-3-5-9/h7,9H,1-5,8H2,(H,15,17). The van der Waals surface area contributed by atoms with Crippen molar-refractivity contribution in [1.82, 2.24) is 20.3 Å². The summed E-state index contributed by atoms with van der Waals surface area (Å²) in [6.07, 6.45) is 8.13. The van der Waals surface area contributed by atoms with E-state index >= 15 is 0 Å². The third-order valence-corrected chi connectivity index (χ3v) is 4.82. The number of nitriles is 1. The van der Waals surface area contributed by atoms with Gasteiger partial charge < -0.3 is 4.52 Å². The van der Waals surface area contributed by atoms with Gasteiger partial charge in [-0.25, -0.2) is 0 Å². The van der Waals surface area contributed by atoms with Crippen LogP contribution < -0.4 is 0 Å². The van der Waals surface area contributed by atoms with E-state index in [1.165, 1.54) is 38.3 Å². The van der Waals surface area contributed by atoms with Gasteiger partial charge in [-0.2, -0.15) is 27.1 Å². The van der Waals surface area contributed by atoms with Crippen LogP contribution in [-0.2, 0) is 5.75 Å². The second-order valence-electron chi connectivity index (χ2n) is 4.86. The normalized spacial score (nSPS) is 16.1. The van der Waals surface area contributed by atoms with E-state index in [0.29, 0.717) is 28.2 Å². The second-order valence-corrected chi connectivity index (χ2v) is 6.15. The lowest BCUT2D eigenvalue weighted by molar-refractivity contribution is 0.425. The summed E-state index contributed by atoms with van der Waals surface area (Å²) in [5.74, 6) is 1.80. The molecule has 1 aliphatic carbocycles. The SMILES string of the molecule is N#Cc1[nH]ncc1-c1nc(CSC2CCCCC2)no1. The number of hydrogen-bond donors (Lipinski definition) is 1. The van der Waals surface area contributed by atoms with E-state index < -0.39 is 0 Å². The zero-order chi connectivity index (χ0) is 13.8. The highest BCUT2D eigenvalue weighted by atomic mass is 32.2. The lowest BCUT2D eigenvalue weighted by atomic mass is 10.0. The van der Waals surface area contributed by atoms with E-state index in [1.807, 2.05) is 17.8 Å². The van der Waals surface area contributed by atoms with E-state index in [-0.39, 0.29) is 0 Å². The molecule has 1 N–H and O–H groups in total. The Morgan fingerprint density at radius 2 is 2.25 bits per heavy atom. The minimum absolute atomic E-state index is 0.347. The summed E-state index contributed by atoms with van der Waals surface area (Å²) in [5, 5.41) is 20.0. The molecular weight excluding hydrogens is 274 g/mol. The Balaban J connectivity index is 1.63. The van der Waals surface area contributed by atoms with Gasteiger partial charge in [-0.3, -0.25) is 5.10 Å². The predicted molar refractivity (Wildman–Crippen MR) is 74.8 cm³/mol. The van der Waals surface area contributed by atoms with E-state index in [0.717, 1.165) is 5.75 Å². The first-order valence-electron chi connectivity index (χ1n) is 6.75. The fourth-order valence-electron chi connectivity index (χ4n) is 2.38. The molecule has 2 aromatic heterocycles. The average molecular weight is 289 g/mol. The predicted octanol–water partition coefficient (Wildman–Crippen LogP) is 2.90. The zero-order valence-corrected chi connectivity index (χ0v) is 11.8. The molecule has 3 rings (SSSR count). The van der Waals surface area contributed by atoms with Crippen molar-refractivity contribution in [2.75, 3.05) is 0 Å². The Bertz CT molecular complexity index is 608. The third kappa shape index (κ3) is 2.85. The first kappa shape index (κ1) is 13.2. The lowest BCUT2D eigenvalue weighted by Gasteiger charge is -2.19. The first-order valence-corrected chi connectivity index (χ1v) is 7.79. The van der Waals surface area contributed by atoms with Crippen LogP contribution in [0.15, 0.2) is 10.7 Å². The summed E-state index contributed by atoms with van der Waals surface area (Å²) in [6, 6.07) is 2.02. The summed E-state index contributed by atoms with van der Waals surface area (Å²) in [5.41, 5.74) is 0.911. The van der Waals surface area contributed by atoms with Gasteiger partial charge in [-0.05, 0) is 12.8 Å². The molecule has 6 nitrogen and oxygen atoms in total. The molecule has 0 bridgehead atoms. The van der Waals surface area contributed by atoms with E-state index in [4.69, 9.17) is 9.78 Å². The molecule has 0 spiro atoms. The van der Waals surface area contributed by atoms with Gasteiger partial charge in [0.05, 0.1) is 17.5 Å². The number of thioether (sulfide) groups is 1. The maximum absolute atomic E-state index is 8.93. The molecule has 1 saturated carbocycles. The Hall–Kier alpha value is -1.81. The summed E-state index contributed by atoms with van der Waals surface area (Å²) < 4.78 is 5.21. The quantitative estimate of drug-likeness (QED) is 0.930. The van der Waals surface area contributed by atoms with Crippen LogP contribution in [0.3, 0.4) is 0 Å². The smallest absolute Gasteiger partial charge is 0.262 e. The highest BCUT2D eigenvalue weighted by molar-refractivity contribution is 7.99. The van der Waals surface area contributed by atoms with Crippen molar-refractivity contribution in [3.63, 3.8) is 0 Å². The van der Waals surface area contributed by atoms with Gasteiger partial charge in [-0.1, -0.05) is 24.4 Å². The fraction of sp³-hybridized carbons (Fsp3) is 0.538. The van der Waals surface area contributed by atoms with Gasteiger partial charge in [-0.15, -0.1) is 0 Å². The van der Waals surface area contributed by atoms with Crippen molar-refractivity contribution in [2.45, 2.75) is 43.1 Å². The Morgan fingerprint density at radius 1 is 1.40 bits per heavy atom. The number of nitrogens with zero attached hydrogens (tertiary/aromatic N) is 4. The van der Waals surface area contributed by atoms with Gasteiger partial charge in [0.15, 0.2) is 5.82 Å². The van der Waals surface area contributed by atoms with Crippen LogP contribution in [0.5, 0.6) is 0 Å². The molecule has 0 radical (unpaired) electrons. The topological polar surface area (TPSA) is 91.4 Å². The van der Waals surface area contributed by atoms with E-state index in [1.54, 1.807) is 0 Å². The summed E-state index contributed by atoms with van der Waals surface area (Å²) in [4.78, 5) is 4.34. The summed E-state index contributed by atoms with van der Waals surface area (Å²) in [6.45, 7) is 0. The third-order valence-electron chi connectivity index (χ3n) is 3.45. The minimum Gasteiger partial charge on any atom is -0.334 e. The van der Waals surface area contributed by atoms with Crippen LogP contribution in [0.25, 0.3) is 11.5 Å². The number of nitrogens with one attached hydrogen (secondary N) is 1. The molecule has 20 heavy (non-hydrogen) atoms. The van der Waals surface area contributed by atoms with Gasteiger partial charge in [0, 0.05) is 5.25 Å². The Labute approximate surface area is 121 Å². The maximum Gasteiger partial charge on any atom is 0.262 e. The van der Waals surface area contributed by atoms with Crippen LogP contribution in [0.1, 0.15) is 43.6 Å². The van der Waals surface area contributed by atoms with Crippen molar-refractivity contribution in [2.24, 2.45) is 0 Å². The molecule has 0 amide bonds. The van der Waals surface area contributed by atoms with Gasteiger partial charge >= 0.3 is 0 Å². The molecule has 2 aromatic rings. The lowest BCUT2D eigenvalue weighted by Crippen LogP contribution is -2.08. The molecule has 2 heterocycles. The second kappa shape index (κ2) is 6.09. The van der Waals surface area contributed by atoms with Gasteiger partial charge in [0.2, 0.25) is 0 Å². The number of H-pyrrole nitrogens is 1. The largest absolute Gasteiger partial charge is 0.334 e. The minimum atomic E-state index is 0.347. The maximum atomic E-state index is 8.93. The molecule has 0 atom stereocenters. The molecule has 104 valence electrons. The van der Waals surface area contributed by atoms with Crippen molar-refractivity contribution < 1.29 is 4.52 Å². The van der Waals surface area contributed by atoms with Crippen LogP contribution in [0, 0.1) is 11.3 Å². The molecule has 0 aliphatic heterocycles. The summed E-state index contributed by atoms with van der Waals surface area (Å²) >= 11 is 1.90. The number of hydrogen-bond acceptors (Lipinski definition) is 6. The molecule has 1 aliphatic rings. The Morgan fingerprint density at radius 3 is 3.05 bits per heavy atom. The van der Waals surface area contributed by atoms with Gasteiger partial charge in [0.1, 0.15) is 11.8 Å². The van der Waals surface area contributed by atoms with Crippen LogP contribution in [-0.4, -0.2) is 25.6 Å². The summed E-state index contributed by atoms with van der Waals surface area (Å²) in [7, 11) is 0. The monoisotopic (exact) mass is 289 g/mol. The first-order chi connectivity index (χ1) is 9.86. The van der Waals surface area contributed by atoms with Crippen LogP contribution in [0.4, 0.5) is 0 Å². The van der Waals surface area contributed by atoms with Crippen molar-refractivity contribution >= 4 is 11.8 Å². The Kier molecular flexibility index (Phi) is 4.02. The number of aromatic amines is 1. The highest BCUT2D eigenvalue weighted by Crippen LogP contribution is 2.30. The van der Waals surface area contributed by atoms with Crippen LogP contribution >= 0.6 is 11.8 Å².